The highest BCUT2D eigenvalue weighted by molar-refractivity contribution is 4.88. The van der Waals surface area contributed by atoms with Crippen LogP contribution in [0.3, 0.4) is 0 Å². The van der Waals surface area contributed by atoms with Crippen LogP contribution in [-0.4, -0.2) is 13.2 Å². The summed E-state index contributed by atoms with van der Waals surface area (Å²) in [4.78, 5) is 0. The molecule has 0 bridgehead atoms. The zero-order valence-corrected chi connectivity index (χ0v) is 7.48. The predicted molar refractivity (Wildman–Crippen MR) is 43.0 cm³/mol. The Kier molecular flexibility index (Phi) is 2.04. The van der Waals surface area contributed by atoms with Crippen LogP contribution in [-0.2, 0) is 4.74 Å². The van der Waals surface area contributed by atoms with Gasteiger partial charge in [0.25, 0.3) is 0 Å². The first-order valence-corrected chi connectivity index (χ1v) is 4.08. The molecule has 0 N–H and O–H groups in total. The molecule has 0 amide bonds. The molecule has 0 heterocycles. The summed E-state index contributed by atoms with van der Waals surface area (Å²) in [5.41, 5.74) is 0.329. The number of methoxy groups -OCH3 is 1. The van der Waals surface area contributed by atoms with Gasteiger partial charge in [0.05, 0.1) is 6.10 Å². The Hall–Kier alpha value is -0.0400. The van der Waals surface area contributed by atoms with Gasteiger partial charge in [-0.1, -0.05) is 20.8 Å². The lowest BCUT2D eigenvalue weighted by Gasteiger charge is -2.29. The zero-order valence-electron chi connectivity index (χ0n) is 7.48. The molecule has 1 fully saturated rings. The molecular formula is C9H18O. The molecule has 1 unspecified atom stereocenters. The lowest BCUT2D eigenvalue weighted by Crippen LogP contribution is -2.30. The van der Waals surface area contributed by atoms with Crippen LogP contribution in [0, 0.1) is 11.3 Å². The highest BCUT2D eigenvalue weighted by Crippen LogP contribution is 2.41. The summed E-state index contributed by atoms with van der Waals surface area (Å²) in [5.74, 6) is 0.852. The second-order valence-electron chi connectivity index (χ2n) is 4.36. The molecule has 0 aromatic heterocycles. The molecule has 1 heteroatoms. The Morgan fingerprint density at radius 1 is 1.30 bits per heavy atom. The van der Waals surface area contributed by atoms with Crippen LogP contribution in [0.1, 0.15) is 33.6 Å². The zero-order chi connectivity index (χ0) is 7.78. The van der Waals surface area contributed by atoms with Gasteiger partial charge in [0.15, 0.2) is 0 Å². The molecule has 0 aliphatic heterocycles. The molecule has 0 radical (unpaired) electrons. The van der Waals surface area contributed by atoms with Crippen LogP contribution >= 0.6 is 0 Å². The maximum absolute atomic E-state index is 5.44. The second kappa shape index (κ2) is 2.54. The highest BCUT2D eigenvalue weighted by atomic mass is 16.5. The van der Waals surface area contributed by atoms with Crippen LogP contribution in [0.25, 0.3) is 0 Å². The minimum Gasteiger partial charge on any atom is -0.381 e. The van der Waals surface area contributed by atoms with Gasteiger partial charge >= 0.3 is 0 Å². The molecule has 10 heavy (non-hydrogen) atoms. The Morgan fingerprint density at radius 3 is 1.90 bits per heavy atom. The molecule has 1 nitrogen and oxygen atoms in total. The average Bonchev–Trinajstić information content (AvgIpc) is 2.46. The monoisotopic (exact) mass is 142 g/mol. The van der Waals surface area contributed by atoms with Crippen molar-refractivity contribution in [2.24, 2.45) is 11.3 Å². The molecule has 0 aromatic carbocycles. The van der Waals surface area contributed by atoms with E-state index < -0.39 is 0 Å². The van der Waals surface area contributed by atoms with Gasteiger partial charge < -0.3 is 4.74 Å². The summed E-state index contributed by atoms with van der Waals surface area (Å²) >= 11 is 0. The van der Waals surface area contributed by atoms with E-state index in [1.54, 1.807) is 0 Å². The predicted octanol–water partition coefficient (Wildman–Crippen LogP) is 2.46. The van der Waals surface area contributed by atoms with Crippen molar-refractivity contribution < 1.29 is 4.74 Å². The van der Waals surface area contributed by atoms with Gasteiger partial charge in [-0.05, 0) is 24.2 Å². The van der Waals surface area contributed by atoms with E-state index in [0.717, 1.165) is 5.92 Å². The number of ether oxygens (including phenoxy) is 1. The maximum atomic E-state index is 5.44. The van der Waals surface area contributed by atoms with Gasteiger partial charge in [-0.3, -0.25) is 0 Å². The molecule has 1 saturated carbocycles. The molecule has 1 aliphatic carbocycles. The third-order valence-electron chi connectivity index (χ3n) is 2.16. The number of hydrogen-bond donors (Lipinski definition) is 0. The summed E-state index contributed by atoms with van der Waals surface area (Å²) < 4.78 is 5.44. The minimum atomic E-state index is 0.329. The van der Waals surface area contributed by atoms with E-state index in [0.29, 0.717) is 11.5 Å². The molecule has 0 saturated heterocycles. The minimum absolute atomic E-state index is 0.329. The summed E-state index contributed by atoms with van der Waals surface area (Å²) in [6.07, 6.45) is 3.22. The van der Waals surface area contributed by atoms with Gasteiger partial charge in [0.2, 0.25) is 0 Å². The van der Waals surface area contributed by atoms with Gasteiger partial charge in [-0.2, -0.15) is 0 Å². The van der Waals surface area contributed by atoms with Crippen molar-refractivity contribution in [3.63, 3.8) is 0 Å². The molecule has 1 atom stereocenters. The van der Waals surface area contributed by atoms with Gasteiger partial charge in [0.1, 0.15) is 0 Å². The molecule has 1 aliphatic rings. The summed E-state index contributed by atoms with van der Waals surface area (Å²) in [6.45, 7) is 6.75. The fourth-order valence-electron chi connectivity index (χ4n) is 1.65. The fourth-order valence-corrected chi connectivity index (χ4v) is 1.65. The number of hydrogen-bond acceptors (Lipinski definition) is 1. The quantitative estimate of drug-likeness (QED) is 0.575. The molecule has 0 spiro atoms. The van der Waals surface area contributed by atoms with Crippen LogP contribution in [0.5, 0.6) is 0 Å². The largest absolute Gasteiger partial charge is 0.381 e. The number of rotatable bonds is 2. The lowest BCUT2D eigenvalue weighted by atomic mass is 9.86. The van der Waals surface area contributed by atoms with E-state index in [4.69, 9.17) is 4.74 Å². The van der Waals surface area contributed by atoms with Crippen molar-refractivity contribution in [2.45, 2.75) is 39.7 Å². The van der Waals surface area contributed by atoms with Crippen molar-refractivity contribution in [1.29, 1.82) is 0 Å². The van der Waals surface area contributed by atoms with Crippen LogP contribution in [0.2, 0.25) is 0 Å². The van der Waals surface area contributed by atoms with Gasteiger partial charge in [-0.25, -0.2) is 0 Å². The molecule has 1 rings (SSSR count). The topological polar surface area (TPSA) is 9.23 Å². The van der Waals surface area contributed by atoms with Crippen LogP contribution in [0.15, 0.2) is 0 Å². The first-order valence-electron chi connectivity index (χ1n) is 4.08. The first-order chi connectivity index (χ1) is 4.55. The second-order valence-corrected chi connectivity index (χ2v) is 4.36. The van der Waals surface area contributed by atoms with Crippen molar-refractivity contribution in [1.82, 2.24) is 0 Å². The highest BCUT2D eigenvalue weighted by Gasteiger charge is 2.38. The normalized spacial score (nSPS) is 22.8. The molecule has 60 valence electrons. The molecular weight excluding hydrogens is 124 g/mol. The van der Waals surface area contributed by atoms with Crippen LogP contribution in [0.4, 0.5) is 0 Å². The van der Waals surface area contributed by atoms with Crippen LogP contribution < -0.4 is 0 Å². The first kappa shape index (κ1) is 8.06. The summed E-state index contributed by atoms with van der Waals surface area (Å²) in [7, 11) is 1.83. The lowest BCUT2D eigenvalue weighted by molar-refractivity contribution is 0.000583. The van der Waals surface area contributed by atoms with E-state index in [9.17, 15) is 0 Å². The smallest absolute Gasteiger partial charge is 0.0647 e. The maximum Gasteiger partial charge on any atom is 0.0647 e. The third-order valence-corrected chi connectivity index (χ3v) is 2.16. The summed E-state index contributed by atoms with van der Waals surface area (Å²) in [6, 6.07) is 0. The Balaban J connectivity index is 2.46. The average molecular weight is 142 g/mol. The van der Waals surface area contributed by atoms with E-state index in [2.05, 4.69) is 20.8 Å². The van der Waals surface area contributed by atoms with E-state index >= 15 is 0 Å². The molecule has 0 aromatic rings. The van der Waals surface area contributed by atoms with Crippen molar-refractivity contribution in [2.75, 3.05) is 7.11 Å². The van der Waals surface area contributed by atoms with Gasteiger partial charge in [-0.15, -0.1) is 0 Å². The fraction of sp³-hybridized carbons (Fsp3) is 1.00. The van der Waals surface area contributed by atoms with Crippen molar-refractivity contribution >= 4 is 0 Å². The Bertz CT molecular complexity index is 108. The van der Waals surface area contributed by atoms with E-state index in [1.807, 2.05) is 7.11 Å². The van der Waals surface area contributed by atoms with Crippen molar-refractivity contribution in [3.8, 4) is 0 Å². The van der Waals surface area contributed by atoms with Gasteiger partial charge in [0, 0.05) is 7.11 Å². The standard InChI is InChI=1S/C9H18O/c1-9(2,3)8(10-4)7-5-6-7/h7-8H,5-6H2,1-4H3. The Morgan fingerprint density at radius 2 is 1.80 bits per heavy atom. The van der Waals surface area contributed by atoms with E-state index in [1.165, 1.54) is 12.8 Å². The SMILES string of the molecule is COC(C1CC1)C(C)(C)C. The van der Waals surface area contributed by atoms with E-state index in [-0.39, 0.29) is 0 Å². The Labute approximate surface area is 63.8 Å². The van der Waals surface area contributed by atoms with Crippen molar-refractivity contribution in [3.05, 3.63) is 0 Å². The third kappa shape index (κ3) is 1.72. The summed E-state index contributed by atoms with van der Waals surface area (Å²) in [5, 5.41) is 0.